The van der Waals surface area contributed by atoms with E-state index < -0.39 is 28.8 Å². The van der Waals surface area contributed by atoms with E-state index in [1.807, 2.05) is 0 Å². The molecule has 7 heteroatoms. The maximum atomic E-state index is 12.5. The summed E-state index contributed by atoms with van der Waals surface area (Å²) in [4.78, 5) is 10.5. The third-order valence-electron chi connectivity index (χ3n) is 1.90. The number of carboxylic acid groups (broad SMARTS) is 1. The quantitative estimate of drug-likeness (QED) is 0.916. The van der Waals surface area contributed by atoms with Crippen LogP contribution < -0.4 is 4.74 Å². The van der Waals surface area contributed by atoms with Gasteiger partial charge in [0, 0.05) is 0 Å². The van der Waals surface area contributed by atoms with Gasteiger partial charge in [0.1, 0.15) is 5.75 Å². The van der Waals surface area contributed by atoms with Gasteiger partial charge in [-0.25, -0.2) is 4.79 Å². The topological polar surface area (TPSA) is 46.5 Å². The summed E-state index contributed by atoms with van der Waals surface area (Å²) in [5, 5.41) is 8.09. The molecule has 0 aromatic heterocycles. The van der Waals surface area contributed by atoms with E-state index in [1.54, 1.807) is 0 Å². The molecule has 94 valence electrons. The van der Waals surface area contributed by atoms with Gasteiger partial charge in [0.15, 0.2) is 6.10 Å². The van der Waals surface area contributed by atoms with Gasteiger partial charge < -0.3 is 9.84 Å². The average Bonchev–Trinajstić information content (AvgIpc) is 2.19. The van der Waals surface area contributed by atoms with Crippen molar-refractivity contribution in [1.29, 1.82) is 0 Å². The van der Waals surface area contributed by atoms with E-state index >= 15 is 0 Å². The molecule has 17 heavy (non-hydrogen) atoms. The number of halogens is 4. The van der Waals surface area contributed by atoms with Crippen molar-refractivity contribution in [3.05, 3.63) is 28.8 Å². The fourth-order valence-electron chi connectivity index (χ4n) is 1.05. The molecule has 0 aliphatic rings. The zero-order chi connectivity index (χ0) is 13.2. The van der Waals surface area contributed by atoms with Crippen molar-refractivity contribution in [2.24, 2.45) is 0 Å². The van der Waals surface area contributed by atoms with Crippen LogP contribution in [0.1, 0.15) is 12.5 Å². The molecule has 0 aliphatic carbocycles. The minimum absolute atomic E-state index is 0.198. The lowest BCUT2D eigenvalue weighted by molar-refractivity contribution is -0.144. The van der Waals surface area contributed by atoms with Gasteiger partial charge in [-0.1, -0.05) is 11.6 Å². The van der Waals surface area contributed by atoms with E-state index in [1.165, 1.54) is 13.0 Å². The highest BCUT2D eigenvalue weighted by Gasteiger charge is 2.33. The number of alkyl halides is 3. The van der Waals surface area contributed by atoms with Crippen molar-refractivity contribution in [2.45, 2.75) is 19.2 Å². The number of aliphatic carboxylic acids is 1. The SMILES string of the molecule is CC(Oc1ccc(Cl)c(C(F)(F)F)c1)C(=O)O. The van der Waals surface area contributed by atoms with Gasteiger partial charge in [0.25, 0.3) is 0 Å². The summed E-state index contributed by atoms with van der Waals surface area (Å²) in [7, 11) is 0. The smallest absolute Gasteiger partial charge is 0.417 e. The highest BCUT2D eigenvalue weighted by atomic mass is 35.5. The lowest BCUT2D eigenvalue weighted by Gasteiger charge is -2.13. The van der Waals surface area contributed by atoms with Crippen molar-refractivity contribution in [2.75, 3.05) is 0 Å². The number of ether oxygens (including phenoxy) is 1. The molecule has 1 rings (SSSR count). The van der Waals surface area contributed by atoms with Crippen LogP contribution in [0.5, 0.6) is 5.75 Å². The molecule has 0 amide bonds. The summed E-state index contributed by atoms with van der Waals surface area (Å²) in [6, 6.07) is 2.85. The summed E-state index contributed by atoms with van der Waals surface area (Å²) in [5.41, 5.74) is -1.06. The van der Waals surface area contributed by atoms with Crippen molar-refractivity contribution in [3.8, 4) is 5.75 Å². The van der Waals surface area contributed by atoms with Gasteiger partial charge in [-0.2, -0.15) is 13.2 Å². The third kappa shape index (κ3) is 3.52. The van der Waals surface area contributed by atoms with Crippen molar-refractivity contribution < 1.29 is 27.8 Å². The number of benzene rings is 1. The van der Waals surface area contributed by atoms with E-state index in [2.05, 4.69) is 0 Å². The van der Waals surface area contributed by atoms with Gasteiger partial charge in [-0.3, -0.25) is 0 Å². The number of hydrogen-bond donors (Lipinski definition) is 1. The maximum absolute atomic E-state index is 12.5. The highest BCUT2D eigenvalue weighted by molar-refractivity contribution is 6.31. The first-order valence-electron chi connectivity index (χ1n) is 4.48. The molecule has 1 atom stereocenters. The monoisotopic (exact) mass is 268 g/mol. The Bertz CT molecular complexity index is 431. The second kappa shape index (κ2) is 4.83. The van der Waals surface area contributed by atoms with Crippen LogP contribution in [0.3, 0.4) is 0 Å². The molecule has 1 N–H and O–H groups in total. The van der Waals surface area contributed by atoms with Crippen LogP contribution in [0, 0.1) is 0 Å². The van der Waals surface area contributed by atoms with Crippen LogP contribution >= 0.6 is 11.6 Å². The Labute approximate surface area is 99.8 Å². The van der Waals surface area contributed by atoms with E-state index in [0.717, 1.165) is 6.07 Å². The average molecular weight is 269 g/mol. The number of hydrogen-bond acceptors (Lipinski definition) is 2. The van der Waals surface area contributed by atoms with Gasteiger partial charge in [0.2, 0.25) is 0 Å². The van der Waals surface area contributed by atoms with Crippen molar-refractivity contribution >= 4 is 17.6 Å². The molecule has 1 aromatic carbocycles. The van der Waals surface area contributed by atoms with Crippen molar-refractivity contribution in [3.63, 3.8) is 0 Å². The molecule has 0 heterocycles. The molecular formula is C10H8ClF3O3. The molecule has 0 bridgehead atoms. The molecule has 0 radical (unpaired) electrons. The fourth-order valence-corrected chi connectivity index (χ4v) is 1.27. The fraction of sp³-hybridized carbons (Fsp3) is 0.300. The number of rotatable bonds is 3. The lowest BCUT2D eigenvalue weighted by atomic mass is 10.2. The maximum Gasteiger partial charge on any atom is 0.417 e. The van der Waals surface area contributed by atoms with Gasteiger partial charge in [-0.05, 0) is 25.1 Å². The van der Waals surface area contributed by atoms with Crippen LogP contribution in [0.2, 0.25) is 5.02 Å². The molecule has 3 nitrogen and oxygen atoms in total. The lowest BCUT2D eigenvalue weighted by Crippen LogP contribution is -2.23. The highest BCUT2D eigenvalue weighted by Crippen LogP contribution is 2.36. The first-order valence-corrected chi connectivity index (χ1v) is 4.86. The first kappa shape index (κ1) is 13.6. The predicted octanol–water partition coefficient (Wildman–Crippen LogP) is 3.21. The Morgan fingerprint density at radius 1 is 1.47 bits per heavy atom. The molecule has 0 aliphatic heterocycles. The van der Waals surface area contributed by atoms with Gasteiger partial charge >= 0.3 is 12.1 Å². The summed E-state index contributed by atoms with van der Waals surface area (Å²) < 4.78 is 42.2. The van der Waals surface area contributed by atoms with Crippen LogP contribution in [0.25, 0.3) is 0 Å². The molecule has 1 unspecified atom stereocenters. The summed E-state index contributed by atoms with van der Waals surface area (Å²) in [5.74, 6) is -1.47. The Kier molecular flexibility index (Phi) is 3.87. The molecular weight excluding hydrogens is 261 g/mol. The van der Waals surface area contributed by atoms with E-state index in [4.69, 9.17) is 21.4 Å². The Hall–Kier alpha value is -1.43. The second-order valence-electron chi connectivity index (χ2n) is 3.24. The van der Waals surface area contributed by atoms with Crippen LogP contribution in [-0.4, -0.2) is 17.2 Å². The van der Waals surface area contributed by atoms with Crippen LogP contribution in [0.4, 0.5) is 13.2 Å². The van der Waals surface area contributed by atoms with E-state index in [-0.39, 0.29) is 5.75 Å². The van der Waals surface area contributed by atoms with Gasteiger partial charge in [-0.15, -0.1) is 0 Å². The predicted molar refractivity (Wildman–Crippen MR) is 54.2 cm³/mol. The van der Waals surface area contributed by atoms with Crippen molar-refractivity contribution in [1.82, 2.24) is 0 Å². The summed E-state index contributed by atoms with van der Waals surface area (Å²) in [6.07, 6.45) is -5.85. The normalized spacial score (nSPS) is 13.2. The molecule has 0 spiro atoms. The second-order valence-corrected chi connectivity index (χ2v) is 3.64. The minimum Gasteiger partial charge on any atom is -0.479 e. The van der Waals surface area contributed by atoms with E-state index in [9.17, 15) is 18.0 Å². The Balaban J connectivity index is 3.01. The molecule has 0 fully saturated rings. The minimum atomic E-state index is -4.61. The molecule has 1 aromatic rings. The zero-order valence-corrected chi connectivity index (χ0v) is 9.34. The zero-order valence-electron chi connectivity index (χ0n) is 8.58. The van der Waals surface area contributed by atoms with E-state index in [0.29, 0.717) is 6.07 Å². The molecule has 0 saturated heterocycles. The Morgan fingerprint density at radius 3 is 2.53 bits per heavy atom. The van der Waals surface area contributed by atoms with Crippen LogP contribution in [-0.2, 0) is 11.0 Å². The number of carboxylic acids is 1. The largest absolute Gasteiger partial charge is 0.479 e. The number of carbonyl (C=O) groups is 1. The standard InChI is InChI=1S/C10H8ClF3O3/c1-5(9(15)16)17-6-2-3-8(11)7(4-6)10(12,13)14/h2-5H,1H3,(H,15,16). The molecule has 0 saturated carbocycles. The summed E-state index contributed by atoms with van der Waals surface area (Å²) >= 11 is 5.39. The Morgan fingerprint density at radius 2 is 2.06 bits per heavy atom. The van der Waals surface area contributed by atoms with Crippen LogP contribution in [0.15, 0.2) is 18.2 Å². The van der Waals surface area contributed by atoms with Gasteiger partial charge in [0.05, 0.1) is 10.6 Å². The summed E-state index contributed by atoms with van der Waals surface area (Å²) in [6.45, 7) is 1.21. The third-order valence-corrected chi connectivity index (χ3v) is 2.23. The first-order chi connectivity index (χ1) is 7.71.